The van der Waals surface area contributed by atoms with Crippen LogP contribution in [0.2, 0.25) is 0 Å². The van der Waals surface area contributed by atoms with Crippen LogP contribution in [-0.4, -0.2) is 11.9 Å². The Bertz CT molecular complexity index is 427. The Morgan fingerprint density at radius 3 is 2.18 bits per heavy atom. The molecule has 0 aliphatic carbocycles. The van der Waals surface area contributed by atoms with Gasteiger partial charge in [0.2, 0.25) is 0 Å². The molecule has 0 fully saturated rings. The van der Waals surface area contributed by atoms with Crippen LogP contribution in [-0.2, 0) is 6.42 Å². The van der Waals surface area contributed by atoms with E-state index in [-0.39, 0.29) is 0 Å². The number of nitrogens with zero attached hydrogens (tertiary/aromatic N) is 1. The van der Waals surface area contributed by atoms with E-state index in [1.165, 1.54) is 6.92 Å². The minimum Gasteiger partial charge on any atom is -0.249 e. The van der Waals surface area contributed by atoms with Gasteiger partial charge in [-0.3, -0.25) is 0 Å². The van der Waals surface area contributed by atoms with Crippen LogP contribution in [0.4, 0.5) is 13.2 Å². The van der Waals surface area contributed by atoms with E-state index in [2.05, 4.69) is 11.6 Å². The Morgan fingerprint density at radius 2 is 1.76 bits per heavy atom. The summed E-state index contributed by atoms with van der Waals surface area (Å²) in [5, 5.41) is 0. The summed E-state index contributed by atoms with van der Waals surface area (Å²) in [6.45, 7) is 6.47. The predicted molar refractivity (Wildman–Crippen MR) is 63.2 cm³/mol. The summed E-state index contributed by atoms with van der Waals surface area (Å²) in [5.74, 6) is 0. The molecule has 0 radical (unpaired) electrons. The predicted octanol–water partition coefficient (Wildman–Crippen LogP) is 4.13. The van der Waals surface area contributed by atoms with Gasteiger partial charge in [0.15, 0.2) is 0 Å². The van der Waals surface area contributed by atoms with E-state index in [1.54, 1.807) is 12.1 Å². The lowest BCUT2D eigenvalue weighted by Gasteiger charge is -2.07. The zero-order valence-corrected chi connectivity index (χ0v) is 9.80. The maximum Gasteiger partial charge on any atom is 0.432 e. The summed E-state index contributed by atoms with van der Waals surface area (Å²) in [6, 6.07) is 7.29. The van der Waals surface area contributed by atoms with Crippen molar-refractivity contribution in [3.8, 4) is 0 Å². The molecule has 0 saturated heterocycles. The van der Waals surface area contributed by atoms with E-state index in [9.17, 15) is 13.2 Å². The lowest BCUT2D eigenvalue weighted by Crippen LogP contribution is -2.10. The second-order valence-corrected chi connectivity index (χ2v) is 3.69. The third-order valence-electron chi connectivity index (χ3n) is 2.41. The number of rotatable bonds is 3. The largest absolute Gasteiger partial charge is 0.432 e. The Kier molecular flexibility index (Phi) is 4.10. The molecule has 0 aromatic heterocycles. The van der Waals surface area contributed by atoms with Crippen molar-refractivity contribution in [1.29, 1.82) is 0 Å². The number of alkyl halides is 3. The first kappa shape index (κ1) is 13.5. The molecule has 0 aliphatic heterocycles. The minimum atomic E-state index is -4.47. The molecule has 0 N–H and O–H groups in total. The van der Waals surface area contributed by atoms with Crippen LogP contribution in [0.1, 0.15) is 25.0 Å². The van der Waals surface area contributed by atoms with E-state index in [4.69, 9.17) is 0 Å². The van der Waals surface area contributed by atoms with E-state index in [1.807, 2.05) is 19.1 Å². The average Bonchev–Trinajstić information content (AvgIpc) is 2.27. The lowest BCUT2D eigenvalue weighted by atomic mass is 10.1. The molecular formula is C13H14F3N. The highest BCUT2D eigenvalue weighted by Crippen LogP contribution is 2.25. The van der Waals surface area contributed by atoms with Crippen LogP contribution < -0.4 is 0 Å². The lowest BCUT2D eigenvalue weighted by molar-refractivity contribution is -0.0919. The molecule has 1 rings (SSSR count). The first-order valence-corrected chi connectivity index (χ1v) is 5.25. The number of aliphatic imine (C=N–C) groups is 1. The summed E-state index contributed by atoms with van der Waals surface area (Å²) >= 11 is 0. The first-order valence-electron chi connectivity index (χ1n) is 5.25. The summed E-state index contributed by atoms with van der Waals surface area (Å²) in [6.07, 6.45) is -3.57. The molecule has 1 nitrogen and oxygen atoms in total. The quantitative estimate of drug-likeness (QED) is 0.705. The van der Waals surface area contributed by atoms with Gasteiger partial charge in [-0.25, -0.2) is 4.99 Å². The van der Waals surface area contributed by atoms with Crippen LogP contribution in [0.25, 0.3) is 0 Å². The highest BCUT2D eigenvalue weighted by Gasteiger charge is 2.32. The highest BCUT2D eigenvalue weighted by atomic mass is 19.4. The topological polar surface area (TPSA) is 12.4 Å². The van der Waals surface area contributed by atoms with Crippen molar-refractivity contribution in [1.82, 2.24) is 0 Å². The van der Waals surface area contributed by atoms with Crippen molar-refractivity contribution < 1.29 is 13.2 Å². The van der Waals surface area contributed by atoms with Gasteiger partial charge in [0.05, 0.1) is 0 Å². The van der Waals surface area contributed by atoms with E-state index < -0.39 is 11.9 Å². The molecule has 0 saturated carbocycles. The number of hydrogen-bond donors (Lipinski definition) is 0. The Hall–Kier alpha value is -1.58. The fraction of sp³-hybridized carbons (Fsp3) is 0.308. The molecule has 0 heterocycles. The average molecular weight is 241 g/mol. The van der Waals surface area contributed by atoms with Crippen LogP contribution in [0, 0.1) is 0 Å². The van der Waals surface area contributed by atoms with Gasteiger partial charge < -0.3 is 0 Å². The van der Waals surface area contributed by atoms with Crippen molar-refractivity contribution in [2.75, 3.05) is 0 Å². The molecular weight excluding hydrogens is 227 g/mol. The zero-order chi connectivity index (χ0) is 13.1. The molecule has 0 unspecified atom stereocenters. The van der Waals surface area contributed by atoms with Gasteiger partial charge in [0.25, 0.3) is 0 Å². The van der Waals surface area contributed by atoms with Gasteiger partial charge in [0.1, 0.15) is 5.70 Å². The third kappa shape index (κ3) is 3.73. The van der Waals surface area contributed by atoms with Crippen molar-refractivity contribution >= 4 is 5.71 Å². The second kappa shape index (κ2) is 5.17. The highest BCUT2D eigenvalue weighted by molar-refractivity contribution is 5.99. The van der Waals surface area contributed by atoms with Crippen molar-refractivity contribution in [3.05, 3.63) is 47.7 Å². The van der Waals surface area contributed by atoms with Crippen molar-refractivity contribution in [2.24, 2.45) is 4.99 Å². The molecule has 1 aromatic carbocycles. The molecule has 0 amide bonds. The van der Waals surface area contributed by atoms with Gasteiger partial charge in [-0.1, -0.05) is 37.8 Å². The second-order valence-electron chi connectivity index (χ2n) is 3.69. The molecule has 0 spiro atoms. The molecule has 1 aromatic rings. The van der Waals surface area contributed by atoms with Crippen LogP contribution in [0.3, 0.4) is 0 Å². The minimum absolute atomic E-state index is 0.315. The fourth-order valence-corrected chi connectivity index (χ4v) is 1.31. The normalized spacial score (nSPS) is 12.6. The van der Waals surface area contributed by atoms with Crippen molar-refractivity contribution in [2.45, 2.75) is 26.4 Å². The maximum absolute atomic E-state index is 12.2. The smallest absolute Gasteiger partial charge is 0.249 e. The summed E-state index contributed by atoms with van der Waals surface area (Å²) in [4.78, 5) is 3.47. The van der Waals surface area contributed by atoms with Crippen molar-refractivity contribution in [3.63, 3.8) is 0 Å². The molecule has 17 heavy (non-hydrogen) atoms. The number of aryl methyl sites for hydroxylation is 1. The maximum atomic E-state index is 12.2. The summed E-state index contributed by atoms with van der Waals surface area (Å²) in [7, 11) is 0. The van der Waals surface area contributed by atoms with Gasteiger partial charge in [-0.2, -0.15) is 13.2 Å². The van der Waals surface area contributed by atoms with E-state index in [0.29, 0.717) is 11.3 Å². The SMILES string of the molecule is C=C(N=C(C)c1ccc(CC)cc1)C(F)(F)F. The van der Waals surface area contributed by atoms with Gasteiger partial charge in [-0.15, -0.1) is 0 Å². The van der Waals surface area contributed by atoms with Crippen LogP contribution in [0.15, 0.2) is 41.5 Å². The third-order valence-corrected chi connectivity index (χ3v) is 2.41. The monoisotopic (exact) mass is 241 g/mol. The number of hydrogen-bond acceptors (Lipinski definition) is 1. The standard InChI is InChI=1S/C13H14F3N/c1-4-11-5-7-12(8-6-11)9(2)17-10(3)13(14,15)16/h5-8H,3-4H2,1-2H3. The van der Waals surface area contributed by atoms with Gasteiger partial charge in [0, 0.05) is 5.71 Å². The summed E-state index contributed by atoms with van der Waals surface area (Å²) in [5.41, 5.74) is 1.05. The Balaban J connectivity index is 2.92. The van der Waals surface area contributed by atoms with E-state index in [0.717, 1.165) is 12.0 Å². The van der Waals surface area contributed by atoms with Gasteiger partial charge in [-0.05, 0) is 24.5 Å². The summed E-state index contributed by atoms with van der Waals surface area (Å²) < 4.78 is 36.7. The van der Waals surface area contributed by atoms with E-state index >= 15 is 0 Å². The Morgan fingerprint density at radius 1 is 1.24 bits per heavy atom. The molecule has 4 heteroatoms. The van der Waals surface area contributed by atoms with Gasteiger partial charge >= 0.3 is 6.18 Å². The fourth-order valence-electron chi connectivity index (χ4n) is 1.31. The molecule has 92 valence electrons. The van der Waals surface area contributed by atoms with Crippen LogP contribution >= 0.6 is 0 Å². The number of halogens is 3. The first-order chi connectivity index (χ1) is 7.84. The molecule has 0 atom stereocenters. The molecule has 0 bridgehead atoms. The molecule has 0 aliphatic rings. The Labute approximate surface area is 98.7 Å². The number of benzene rings is 1. The number of allylic oxidation sites excluding steroid dienone is 1. The zero-order valence-electron chi connectivity index (χ0n) is 9.80. The van der Waals surface area contributed by atoms with Crippen LogP contribution in [0.5, 0.6) is 0 Å².